The highest BCUT2D eigenvalue weighted by Crippen LogP contribution is 2.19. The number of nitrogens with two attached hydrogens (primary N) is 1. The van der Waals surface area contributed by atoms with Crippen molar-refractivity contribution in [3.8, 4) is 0 Å². The molecule has 0 aromatic heterocycles. The minimum Gasteiger partial charge on any atom is -0.384 e. The van der Waals surface area contributed by atoms with E-state index in [4.69, 9.17) is 10.5 Å². The molecule has 0 spiro atoms. The minimum atomic E-state index is 0.104. The van der Waals surface area contributed by atoms with Gasteiger partial charge in [-0.05, 0) is 38.8 Å². The average molecular weight is 257 g/mol. The molecule has 0 aromatic rings. The first kappa shape index (κ1) is 15.4. The first-order chi connectivity index (χ1) is 8.71. The van der Waals surface area contributed by atoms with Crippen molar-refractivity contribution in [3.05, 3.63) is 0 Å². The predicted octanol–water partition coefficient (Wildman–Crippen LogP) is 0.198. The van der Waals surface area contributed by atoms with Gasteiger partial charge in [-0.2, -0.15) is 0 Å². The lowest BCUT2D eigenvalue weighted by Crippen LogP contribution is -2.47. The minimum absolute atomic E-state index is 0.104. The van der Waals surface area contributed by atoms with E-state index in [0.717, 1.165) is 32.5 Å². The summed E-state index contributed by atoms with van der Waals surface area (Å²) >= 11 is 0. The zero-order chi connectivity index (χ0) is 13.4. The fraction of sp³-hybridized carbons (Fsp3) is 0.923. The number of amides is 1. The quantitative estimate of drug-likeness (QED) is 0.683. The number of ether oxygens (including phenoxy) is 1. The number of carbonyl (C=O) groups is 1. The largest absolute Gasteiger partial charge is 0.384 e. The number of carbonyl (C=O) groups excluding carboxylic acids is 1. The van der Waals surface area contributed by atoms with Gasteiger partial charge in [0.25, 0.3) is 0 Å². The van der Waals surface area contributed by atoms with Crippen LogP contribution in [0, 0.1) is 5.92 Å². The molecule has 5 heteroatoms. The molecule has 1 saturated heterocycles. The molecule has 1 unspecified atom stereocenters. The van der Waals surface area contributed by atoms with E-state index in [1.807, 2.05) is 6.92 Å². The molecule has 0 aromatic carbocycles. The highest BCUT2D eigenvalue weighted by atomic mass is 16.5. The molecular formula is C13H27N3O2. The van der Waals surface area contributed by atoms with Crippen molar-refractivity contribution < 1.29 is 9.53 Å². The fourth-order valence-corrected chi connectivity index (χ4v) is 2.57. The van der Waals surface area contributed by atoms with Crippen LogP contribution in [-0.4, -0.2) is 56.7 Å². The van der Waals surface area contributed by atoms with E-state index in [9.17, 15) is 4.79 Å². The standard InChI is InChI=1S/C13H27N3O2/c1-3-15-13(17)8-12(9-14)16-6-4-11(5-7-16)10-18-2/h11-12H,3-10,14H2,1-2H3,(H,15,17). The SMILES string of the molecule is CCNC(=O)CC(CN)N1CCC(COC)CC1. The predicted molar refractivity (Wildman–Crippen MR) is 72.3 cm³/mol. The summed E-state index contributed by atoms with van der Waals surface area (Å²) in [6, 6.07) is 0.181. The Kier molecular flexibility index (Phi) is 7.23. The van der Waals surface area contributed by atoms with Gasteiger partial charge in [0.2, 0.25) is 5.91 Å². The Labute approximate surface area is 110 Å². The maximum atomic E-state index is 11.6. The van der Waals surface area contributed by atoms with Gasteiger partial charge in [0, 0.05) is 39.3 Å². The van der Waals surface area contributed by atoms with E-state index in [-0.39, 0.29) is 11.9 Å². The lowest BCUT2D eigenvalue weighted by molar-refractivity contribution is -0.122. The summed E-state index contributed by atoms with van der Waals surface area (Å²) in [5.74, 6) is 0.765. The number of nitrogens with one attached hydrogen (secondary N) is 1. The average Bonchev–Trinajstić information content (AvgIpc) is 2.38. The van der Waals surface area contributed by atoms with Crippen LogP contribution in [-0.2, 0) is 9.53 Å². The summed E-state index contributed by atoms with van der Waals surface area (Å²) in [7, 11) is 1.75. The van der Waals surface area contributed by atoms with Crippen molar-refractivity contribution in [2.75, 3.05) is 39.9 Å². The van der Waals surface area contributed by atoms with E-state index >= 15 is 0 Å². The summed E-state index contributed by atoms with van der Waals surface area (Å²) in [4.78, 5) is 14.0. The van der Waals surface area contributed by atoms with Crippen molar-refractivity contribution in [3.63, 3.8) is 0 Å². The number of methoxy groups -OCH3 is 1. The molecule has 18 heavy (non-hydrogen) atoms. The van der Waals surface area contributed by atoms with Gasteiger partial charge in [0.15, 0.2) is 0 Å². The zero-order valence-corrected chi connectivity index (χ0v) is 11.7. The highest BCUT2D eigenvalue weighted by Gasteiger charge is 2.25. The van der Waals surface area contributed by atoms with Gasteiger partial charge in [-0.1, -0.05) is 0 Å². The lowest BCUT2D eigenvalue weighted by Gasteiger charge is -2.36. The van der Waals surface area contributed by atoms with Crippen LogP contribution >= 0.6 is 0 Å². The normalized spacial score (nSPS) is 19.7. The van der Waals surface area contributed by atoms with Gasteiger partial charge >= 0.3 is 0 Å². The number of nitrogens with zero attached hydrogens (tertiary/aromatic N) is 1. The number of rotatable bonds is 7. The van der Waals surface area contributed by atoms with Crippen LogP contribution < -0.4 is 11.1 Å². The summed E-state index contributed by atoms with van der Waals surface area (Å²) < 4.78 is 5.19. The molecule has 1 atom stereocenters. The van der Waals surface area contributed by atoms with E-state index in [1.165, 1.54) is 0 Å². The van der Waals surface area contributed by atoms with Crippen LogP contribution in [0.3, 0.4) is 0 Å². The van der Waals surface area contributed by atoms with E-state index in [0.29, 0.717) is 25.4 Å². The van der Waals surface area contributed by atoms with Gasteiger partial charge in [-0.25, -0.2) is 0 Å². The Hall–Kier alpha value is -0.650. The van der Waals surface area contributed by atoms with Gasteiger partial charge < -0.3 is 15.8 Å². The monoisotopic (exact) mass is 257 g/mol. The molecule has 0 bridgehead atoms. The maximum absolute atomic E-state index is 11.6. The topological polar surface area (TPSA) is 67.6 Å². The lowest BCUT2D eigenvalue weighted by atomic mass is 9.96. The molecule has 1 heterocycles. The molecule has 3 N–H and O–H groups in total. The molecule has 0 saturated carbocycles. The smallest absolute Gasteiger partial charge is 0.221 e. The van der Waals surface area contributed by atoms with Crippen LogP contribution in [0.1, 0.15) is 26.2 Å². The molecule has 1 rings (SSSR count). The molecule has 1 amide bonds. The third-order valence-corrected chi connectivity index (χ3v) is 3.63. The number of hydrogen-bond acceptors (Lipinski definition) is 4. The molecule has 1 aliphatic rings. The Bertz CT molecular complexity index is 240. The second-order valence-electron chi connectivity index (χ2n) is 4.98. The number of likely N-dealkylation sites (tertiary alicyclic amines) is 1. The van der Waals surface area contributed by atoms with Crippen LogP contribution in [0.2, 0.25) is 0 Å². The summed E-state index contributed by atoms with van der Waals surface area (Å²) in [6.45, 7) is 6.06. The van der Waals surface area contributed by atoms with Crippen molar-refractivity contribution in [2.45, 2.75) is 32.2 Å². The third kappa shape index (κ3) is 4.92. The Morgan fingerprint density at radius 3 is 2.67 bits per heavy atom. The fourth-order valence-electron chi connectivity index (χ4n) is 2.57. The first-order valence-corrected chi connectivity index (χ1v) is 6.91. The van der Waals surface area contributed by atoms with Crippen LogP contribution in [0.25, 0.3) is 0 Å². The van der Waals surface area contributed by atoms with E-state index in [1.54, 1.807) is 7.11 Å². The second-order valence-corrected chi connectivity index (χ2v) is 4.98. The van der Waals surface area contributed by atoms with E-state index in [2.05, 4.69) is 10.2 Å². The molecular weight excluding hydrogens is 230 g/mol. The third-order valence-electron chi connectivity index (χ3n) is 3.63. The van der Waals surface area contributed by atoms with Crippen molar-refractivity contribution >= 4 is 5.91 Å². The molecule has 5 nitrogen and oxygen atoms in total. The molecule has 106 valence electrons. The molecule has 0 aliphatic carbocycles. The van der Waals surface area contributed by atoms with Crippen molar-refractivity contribution in [1.29, 1.82) is 0 Å². The molecule has 1 aliphatic heterocycles. The van der Waals surface area contributed by atoms with Crippen molar-refractivity contribution in [1.82, 2.24) is 10.2 Å². The Balaban J connectivity index is 2.35. The second kappa shape index (κ2) is 8.45. The first-order valence-electron chi connectivity index (χ1n) is 6.91. The zero-order valence-electron chi connectivity index (χ0n) is 11.7. The molecule has 1 fully saturated rings. The van der Waals surface area contributed by atoms with Gasteiger partial charge in [-0.15, -0.1) is 0 Å². The Morgan fingerprint density at radius 2 is 2.17 bits per heavy atom. The number of hydrogen-bond donors (Lipinski definition) is 2. The maximum Gasteiger partial charge on any atom is 0.221 e. The van der Waals surface area contributed by atoms with Gasteiger partial charge in [0.05, 0.1) is 0 Å². The van der Waals surface area contributed by atoms with Crippen LogP contribution in [0.15, 0.2) is 0 Å². The van der Waals surface area contributed by atoms with Crippen LogP contribution in [0.5, 0.6) is 0 Å². The summed E-state index contributed by atoms with van der Waals surface area (Å²) in [5, 5.41) is 2.84. The van der Waals surface area contributed by atoms with E-state index < -0.39 is 0 Å². The van der Waals surface area contributed by atoms with Crippen LogP contribution in [0.4, 0.5) is 0 Å². The Morgan fingerprint density at radius 1 is 1.50 bits per heavy atom. The molecule has 0 radical (unpaired) electrons. The van der Waals surface area contributed by atoms with Gasteiger partial charge in [-0.3, -0.25) is 9.69 Å². The summed E-state index contributed by atoms with van der Waals surface area (Å²) in [6.07, 6.45) is 2.79. The van der Waals surface area contributed by atoms with Gasteiger partial charge in [0.1, 0.15) is 0 Å². The summed E-state index contributed by atoms with van der Waals surface area (Å²) in [5.41, 5.74) is 5.80. The highest BCUT2D eigenvalue weighted by molar-refractivity contribution is 5.76. The number of piperidine rings is 1. The van der Waals surface area contributed by atoms with Crippen molar-refractivity contribution in [2.24, 2.45) is 11.7 Å².